The summed E-state index contributed by atoms with van der Waals surface area (Å²) in [6, 6.07) is 11.4. The SMILES string of the molecule is NC(CC(=O)NCc1ccsc1)c1ccccc1. The maximum atomic E-state index is 11.7. The van der Waals surface area contributed by atoms with Gasteiger partial charge in [0.15, 0.2) is 0 Å². The minimum Gasteiger partial charge on any atom is -0.352 e. The van der Waals surface area contributed by atoms with E-state index in [0.29, 0.717) is 13.0 Å². The minimum atomic E-state index is -0.242. The molecule has 3 N–H and O–H groups in total. The number of nitrogens with two attached hydrogens (primary N) is 1. The van der Waals surface area contributed by atoms with Crippen molar-refractivity contribution in [2.75, 3.05) is 0 Å². The lowest BCUT2D eigenvalue weighted by Crippen LogP contribution is -2.26. The van der Waals surface area contributed by atoms with Gasteiger partial charge in [-0.25, -0.2) is 0 Å². The van der Waals surface area contributed by atoms with E-state index in [1.807, 2.05) is 47.2 Å². The largest absolute Gasteiger partial charge is 0.352 e. The Labute approximate surface area is 111 Å². The number of nitrogens with one attached hydrogen (secondary N) is 1. The fourth-order valence-corrected chi connectivity index (χ4v) is 2.35. The van der Waals surface area contributed by atoms with Crippen LogP contribution in [-0.2, 0) is 11.3 Å². The maximum absolute atomic E-state index is 11.7. The Morgan fingerprint density at radius 1 is 1.28 bits per heavy atom. The second-order valence-electron chi connectivity index (χ2n) is 4.13. The molecule has 0 fully saturated rings. The third-order valence-corrected chi connectivity index (χ3v) is 3.43. The molecule has 0 saturated heterocycles. The van der Waals surface area contributed by atoms with E-state index in [1.165, 1.54) is 0 Å². The number of carbonyl (C=O) groups is 1. The number of amides is 1. The highest BCUT2D eigenvalue weighted by molar-refractivity contribution is 7.07. The average molecular weight is 260 g/mol. The Balaban J connectivity index is 1.80. The first-order valence-electron chi connectivity index (χ1n) is 5.84. The lowest BCUT2D eigenvalue weighted by Gasteiger charge is -2.11. The number of hydrogen-bond acceptors (Lipinski definition) is 3. The summed E-state index contributed by atoms with van der Waals surface area (Å²) >= 11 is 1.63. The van der Waals surface area contributed by atoms with Crippen molar-refractivity contribution in [3.63, 3.8) is 0 Å². The zero-order chi connectivity index (χ0) is 12.8. The standard InChI is InChI=1S/C14H16N2OS/c15-13(12-4-2-1-3-5-12)8-14(17)16-9-11-6-7-18-10-11/h1-7,10,13H,8-9,15H2,(H,16,17). The Kier molecular flexibility index (Phi) is 4.50. The lowest BCUT2D eigenvalue weighted by atomic mass is 10.0. The predicted molar refractivity (Wildman–Crippen MR) is 74.2 cm³/mol. The van der Waals surface area contributed by atoms with Gasteiger partial charge in [0.25, 0.3) is 0 Å². The van der Waals surface area contributed by atoms with Crippen molar-refractivity contribution in [2.24, 2.45) is 5.73 Å². The molecule has 94 valence electrons. The molecule has 3 nitrogen and oxygen atoms in total. The molecule has 18 heavy (non-hydrogen) atoms. The van der Waals surface area contributed by atoms with E-state index in [2.05, 4.69) is 5.32 Å². The molecular formula is C14H16N2OS. The van der Waals surface area contributed by atoms with Gasteiger partial charge < -0.3 is 11.1 Å². The highest BCUT2D eigenvalue weighted by Gasteiger charge is 2.10. The van der Waals surface area contributed by atoms with Gasteiger partial charge in [-0.2, -0.15) is 11.3 Å². The number of rotatable bonds is 5. The van der Waals surface area contributed by atoms with Gasteiger partial charge in [-0.1, -0.05) is 30.3 Å². The van der Waals surface area contributed by atoms with Gasteiger partial charge in [-0.05, 0) is 28.0 Å². The molecule has 0 aliphatic heterocycles. The first-order valence-corrected chi connectivity index (χ1v) is 6.78. The minimum absolute atomic E-state index is 0.0162. The predicted octanol–water partition coefficient (Wildman–Crippen LogP) is 2.45. The topological polar surface area (TPSA) is 55.1 Å². The molecule has 1 aromatic heterocycles. The number of carbonyl (C=O) groups excluding carboxylic acids is 1. The molecule has 1 heterocycles. The van der Waals surface area contributed by atoms with Crippen LogP contribution in [0.2, 0.25) is 0 Å². The summed E-state index contributed by atoms with van der Waals surface area (Å²) in [5.74, 6) is -0.0162. The maximum Gasteiger partial charge on any atom is 0.222 e. The summed E-state index contributed by atoms with van der Waals surface area (Å²) in [5, 5.41) is 6.90. The molecule has 1 atom stereocenters. The zero-order valence-corrected chi connectivity index (χ0v) is 10.8. The van der Waals surface area contributed by atoms with Crippen molar-refractivity contribution in [1.29, 1.82) is 0 Å². The number of benzene rings is 1. The smallest absolute Gasteiger partial charge is 0.222 e. The van der Waals surface area contributed by atoms with E-state index in [0.717, 1.165) is 11.1 Å². The van der Waals surface area contributed by atoms with E-state index in [4.69, 9.17) is 5.73 Å². The Morgan fingerprint density at radius 2 is 2.06 bits per heavy atom. The van der Waals surface area contributed by atoms with Crippen LogP contribution in [-0.4, -0.2) is 5.91 Å². The van der Waals surface area contributed by atoms with Gasteiger partial charge in [0.2, 0.25) is 5.91 Å². The lowest BCUT2D eigenvalue weighted by molar-refractivity contribution is -0.121. The number of thiophene rings is 1. The van der Waals surface area contributed by atoms with E-state index in [1.54, 1.807) is 11.3 Å². The summed E-state index contributed by atoms with van der Waals surface area (Å²) < 4.78 is 0. The van der Waals surface area contributed by atoms with Gasteiger partial charge >= 0.3 is 0 Å². The Bertz CT molecular complexity index is 482. The van der Waals surface area contributed by atoms with Crippen LogP contribution >= 0.6 is 11.3 Å². The van der Waals surface area contributed by atoms with Crippen molar-refractivity contribution in [1.82, 2.24) is 5.32 Å². The van der Waals surface area contributed by atoms with Gasteiger partial charge in [0, 0.05) is 19.0 Å². The van der Waals surface area contributed by atoms with Crippen molar-refractivity contribution in [3.05, 3.63) is 58.3 Å². The fraction of sp³-hybridized carbons (Fsp3) is 0.214. The van der Waals surface area contributed by atoms with E-state index in [-0.39, 0.29) is 11.9 Å². The summed E-state index contributed by atoms with van der Waals surface area (Å²) in [6.07, 6.45) is 0.314. The molecule has 1 unspecified atom stereocenters. The van der Waals surface area contributed by atoms with Crippen LogP contribution in [0.3, 0.4) is 0 Å². The summed E-state index contributed by atoms with van der Waals surface area (Å²) in [7, 11) is 0. The first kappa shape index (κ1) is 12.8. The van der Waals surface area contributed by atoms with Gasteiger partial charge in [0.05, 0.1) is 0 Å². The van der Waals surface area contributed by atoms with Crippen molar-refractivity contribution in [3.8, 4) is 0 Å². The van der Waals surface area contributed by atoms with E-state index < -0.39 is 0 Å². The van der Waals surface area contributed by atoms with Gasteiger partial charge in [-0.15, -0.1) is 0 Å². The zero-order valence-electron chi connectivity index (χ0n) is 10.0. The molecule has 0 spiro atoms. The molecule has 0 aliphatic carbocycles. The molecule has 0 aliphatic rings. The van der Waals surface area contributed by atoms with E-state index in [9.17, 15) is 4.79 Å². The van der Waals surface area contributed by atoms with Crippen LogP contribution in [0.15, 0.2) is 47.2 Å². The molecule has 2 rings (SSSR count). The molecule has 1 amide bonds. The van der Waals surface area contributed by atoms with E-state index >= 15 is 0 Å². The molecule has 4 heteroatoms. The number of hydrogen-bond donors (Lipinski definition) is 2. The monoisotopic (exact) mass is 260 g/mol. The van der Waals surface area contributed by atoms with Crippen molar-refractivity contribution < 1.29 is 4.79 Å². The molecule has 0 saturated carbocycles. The summed E-state index contributed by atoms with van der Waals surface area (Å²) in [5.41, 5.74) is 8.10. The third kappa shape index (κ3) is 3.68. The highest BCUT2D eigenvalue weighted by atomic mass is 32.1. The van der Waals surface area contributed by atoms with Crippen molar-refractivity contribution >= 4 is 17.2 Å². The third-order valence-electron chi connectivity index (χ3n) is 2.70. The molecule has 0 bridgehead atoms. The van der Waals surface area contributed by atoms with Crippen LogP contribution < -0.4 is 11.1 Å². The van der Waals surface area contributed by atoms with Gasteiger partial charge in [-0.3, -0.25) is 4.79 Å². The van der Waals surface area contributed by atoms with Crippen LogP contribution in [0.4, 0.5) is 0 Å². The molecular weight excluding hydrogens is 244 g/mol. The van der Waals surface area contributed by atoms with Gasteiger partial charge in [0.1, 0.15) is 0 Å². The molecule has 1 aromatic carbocycles. The normalized spacial score (nSPS) is 12.1. The van der Waals surface area contributed by atoms with Crippen molar-refractivity contribution in [2.45, 2.75) is 19.0 Å². The fourth-order valence-electron chi connectivity index (χ4n) is 1.68. The first-order chi connectivity index (χ1) is 8.75. The molecule has 0 radical (unpaired) electrons. The average Bonchev–Trinajstić information content (AvgIpc) is 2.90. The summed E-state index contributed by atoms with van der Waals surface area (Å²) in [6.45, 7) is 0.573. The van der Waals surface area contributed by atoms with Crippen LogP contribution in [0, 0.1) is 0 Å². The Hall–Kier alpha value is -1.65. The summed E-state index contributed by atoms with van der Waals surface area (Å²) in [4.78, 5) is 11.7. The van der Waals surface area contributed by atoms with Crippen LogP contribution in [0.1, 0.15) is 23.6 Å². The quantitative estimate of drug-likeness (QED) is 0.867. The Morgan fingerprint density at radius 3 is 2.72 bits per heavy atom. The second kappa shape index (κ2) is 6.33. The highest BCUT2D eigenvalue weighted by Crippen LogP contribution is 2.13. The molecule has 2 aromatic rings. The van der Waals surface area contributed by atoms with Crippen LogP contribution in [0.25, 0.3) is 0 Å². The van der Waals surface area contributed by atoms with Crippen LogP contribution in [0.5, 0.6) is 0 Å². The second-order valence-corrected chi connectivity index (χ2v) is 4.91.